The lowest BCUT2D eigenvalue weighted by Crippen LogP contribution is -2.46. The van der Waals surface area contributed by atoms with E-state index in [4.69, 9.17) is 0 Å². The number of hydrogen-bond donors (Lipinski definition) is 2. The smallest absolute Gasteiger partial charge is 0.315 e. The van der Waals surface area contributed by atoms with Crippen molar-refractivity contribution < 1.29 is 4.79 Å². The van der Waals surface area contributed by atoms with Gasteiger partial charge in [0.05, 0.1) is 0 Å². The third-order valence-corrected chi connectivity index (χ3v) is 5.82. The zero-order valence-corrected chi connectivity index (χ0v) is 17.3. The molecule has 28 heavy (non-hydrogen) atoms. The third kappa shape index (κ3) is 6.42. The molecule has 1 aromatic carbocycles. The zero-order valence-electron chi connectivity index (χ0n) is 16.4. The summed E-state index contributed by atoms with van der Waals surface area (Å²) in [6.07, 6.45) is 1.85. The van der Waals surface area contributed by atoms with Crippen LogP contribution in [0.1, 0.15) is 12.5 Å². The van der Waals surface area contributed by atoms with Crippen LogP contribution in [0, 0.1) is 0 Å². The van der Waals surface area contributed by atoms with Gasteiger partial charge in [-0.2, -0.15) is 0 Å². The van der Waals surface area contributed by atoms with Crippen molar-refractivity contribution in [1.82, 2.24) is 20.5 Å². The van der Waals surface area contributed by atoms with Gasteiger partial charge in [-0.1, -0.05) is 31.2 Å². The van der Waals surface area contributed by atoms with Gasteiger partial charge in [0.25, 0.3) is 0 Å². The number of piperazine rings is 1. The minimum atomic E-state index is -0.145. The van der Waals surface area contributed by atoms with Crippen LogP contribution >= 0.6 is 11.8 Å². The first-order chi connectivity index (χ1) is 13.7. The fraction of sp³-hybridized carbons (Fsp3) is 0.429. The van der Waals surface area contributed by atoms with Gasteiger partial charge >= 0.3 is 6.03 Å². The molecule has 0 spiro atoms. The number of urea groups is 1. The van der Waals surface area contributed by atoms with Gasteiger partial charge in [0.15, 0.2) is 0 Å². The number of carbonyl (C=O) groups excluding carboxylic acids is 1. The molecule has 2 aromatic rings. The topological polar surface area (TPSA) is 60.5 Å². The molecule has 2 amide bonds. The van der Waals surface area contributed by atoms with Crippen LogP contribution in [0.15, 0.2) is 53.6 Å². The van der Waals surface area contributed by atoms with Crippen LogP contribution < -0.4 is 15.5 Å². The Balaban J connectivity index is 1.33. The summed E-state index contributed by atoms with van der Waals surface area (Å²) < 4.78 is 0. The number of thioether (sulfide) groups is 1. The van der Waals surface area contributed by atoms with Crippen molar-refractivity contribution in [3.05, 3.63) is 54.2 Å². The quantitative estimate of drug-likeness (QED) is 0.528. The molecule has 2 N–H and O–H groups in total. The van der Waals surface area contributed by atoms with Crippen molar-refractivity contribution in [2.75, 3.05) is 49.9 Å². The van der Waals surface area contributed by atoms with E-state index < -0.39 is 0 Å². The van der Waals surface area contributed by atoms with Crippen LogP contribution in [0.5, 0.6) is 0 Å². The molecular formula is C21H29N5OS. The van der Waals surface area contributed by atoms with Gasteiger partial charge in [0.2, 0.25) is 0 Å². The SMILES string of the molecule is CCN1CCN(c2ccc(CNC(=O)NCCSc3ccccc3)cn2)CC1. The van der Waals surface area contributed by atoms with E-state index in [9.17, 15) is 4.79 Å². The molecule has 0 saturated carbocycles. The van der Waals surface area contributed by atoms with Crippen LogP contribution in [-0.4, -0.2) is 60.9 Å². The molecule has 2 heterocycles. The van der Waals surface area contributed by atoms with Crippen LogP contribution in [-0.2, 0) is 6.54 Å². The van der Waals surface area contributed by atoms with Crippen molar-refractivity contribution >= 4 is 23.6 Å². The Morgan fingerprint density at radius 1 is 1.07 bits per heavy atom. The van der Waals surface area contributed by atoms with Crippen molar-refractivity contribution in [3.8, 4) is 0 Å². The Hall–Kier alpha value is -2.25. The van der Waals surface area contributed by atoms with E-state index in [1.165, 1.54) is 4.90 Å². The summed E-state index contributed by atoms with van der Waals surface area (Å²) in [5, 5.41) is 5.78. The van der Waals surface area contributed by atoms with E-state index in [0.717, 1.165) is 49.9 Å². The number of rotatable bonds is 8. The van der Waals surface area contributed by atoms with E-state index in [-0.39, 0.29) is 6.03 Å². The Morgan fingerprint density at radius 2 is 1.86 bits per heavy atom. The summed E-state index contributed by atoms with van der Waals surface area (Å²) in [4.78, 5) is 22.5. The first-order valence-electron chi connectivity index (χ1n) is 9.86. The van der Waals surface area contributed by atoms with Gasteiger partial charge in [0, 0.05) is 56.1 Å². The van der Waals surface area contributed by atoms with Crippen LogP contribution in [0.2, 0.25) is 0 Å². The highest BCUT2D eigenvalue weighted by Gasteiger charge is 2.16. The van der Waals surface area contributed by atoms with Crippen molar-refractivity contribution in [1.29, 1.82) is 0 Å². The maximum Gasteiger partial charge on any atom is 0.315 e. The monoisotopic (exact) mass is 399 g/mol. The molecular weight excluding hydrogens is 370 g/mol. The summed E-state index contributed by atoms with van der Waals surface area (Å²) in [7, 11) is 0. The van der Waals surface area contributed by atoms with Gasteiger partial charge in [-0.05, 0) is 30.3 Å². The summed E-state index contributed by atoms with van der Waals surface area (Å²) in [6, 6.07) is 14.1. The van der Waals surface area contributed by atoms with E-state index in [2.05, 4.69) is 44.5 Å². The lowest BCUT2D eigenvalue weighted by atomic mass is 10.2. The predicted molar refractivity (Wildman–Crippen MR) is 116 cm³/mol. The van der Waals surface area contributed by atoms with Crippen molar-refractivity contribution in [3.63, 3.8) is 0 Å². The molecule has 0 unspecified atom stereocenters. The maximum absolute atomic E-state index is 11.9. The number of benzene rings is 1. The standard InChI is InChI=1S/C21H29N5OS/c1-2-25-11-13-26(14-12-25)20-9-8-18(16-23-20)17-24-21(27)22-10-15-28-19-6-4-3-5-7-19/h3-9,16H,2,10-15,17H2,1H3,(H2,22,24,27). The molecule has 1 fully saturated rings. The fourth-order valence-corrected chi connectivity index (χ4v) is 3.89. The lowest BCUT2D eigenvalue weighted by molar-refractivity contribution is 0.241. The number of nitrogens with zero attached hydrogens (tertiary/aromatic N) is 3. The predicted octanol–water partition coefficient (Wildman–Crippen LogP) is 2.82. The van der Waals surface area contributed by atoms with E-state index in [1.807, 2.05) is 36.5 Å². The van der Waals surface area contributed by atoms with Crippen LogP contribution in [0.25, 0.3) is 0 Å². The molecule has 150 valence electrons. The summed E-state index contributed by atoms with van der Waals surface area (Å²) in [6.45, 7) is 8.63. The van der Waals surface area contributed by atoms with E-state index in [1.54, 1.807) is 11.8 Å². The highest BCUT2D eigenvalue weighted by molar-refractivity contribution is 7.99. The second-order valence-electron chi connectivity index (χ2n) is 6.72. The highest BCUT2D eigenvalue weighted by Crippen LogP contribution is 2.16. The highest BCUT2D eigenvalue weighted by atomic mass is 32.2. The van der Waals surface area contributed by atoms with Crippen LogP contribution in [0.4, 0.5) is 10.6 Å². The molecule has 0 aliphatic carbocycles. The molecule has 1 aliphatic heterocycles. The van der Waals surface area contributed by atoms with Crippen LogP contribution in [0.3, 0.4) is 0 Å². The normalized spacial score (nSPS) is 14.7. The molecule has 0 radical (unpaired) electrons. The summed E-state index contributed by atoms with van der Waals surface area (Å²) in [5.74, 6) is 1.86. The Morgan fingerprint density at radius 3 is 2.54 bits per heavy atom. The molecule has 1 aliphatic rings. The number of nitrogens with one attached hydrogen (secondary N) is 2. The minimum absolute atomic E-state index is 0.145. The minimum Gasteiger partial charge on any atom is -0.354 e. The molecule has 0 bridgehead atoms. The number of likely N-dealkylation sites (N-methyl/N-ethyl adjacent to an activating group) is 1. The molecule has 7 heteroatoms. The summed E-state index contributed by atoms with van der Waals surface area (Å²) >= 11 is 1.73. The molecule has 0 atom stereocenters. The first-order valence-corrected chi connectivity index (χ1v) is 10.8. The van der Waals surface area contributed by atoms with Gasteiger partial charge < -0.3 is 20.4 Å². The number of amides is 2. The second-order valence-corrected chi connectivity index (χ2v) is 7.89. The van der Waals surface area contributed by atoms with Crippen molar-refractivity contribution in [2.45, 2.75) is 18.4 Å². The van der Waals surface area contributed by atoms with Gasteiger partial charge in [-0.15, -0.1) is 11.8 Å². The maximum atomic E-state index is 11.9. The molecule has 1 saturated heterocycles. The Labute approximate surface area is 171 Å². The molecule has 3 rings (SSSR count). The average Bonchev–Trinajstić information content (AvgIpc) is 2.76. The van der Waals surface area contributed by atoms with E-state index >= 15 is 0 Å². The first kappa shape index (κ1) is 20.5. The van der Waals surface area contributed by atoms with Crippen molar-refractivity contribution in [2.24, 2.45) is 0 Å². The van der Waals surface area contributed by atoms with Gasteiger partial charge in [-0.25, -0.2) is 9.78 Å². The number of aromatic nitrogens is 1. The Kier molecular flexibility index (Phi) is 7.99. The fourth-order valence-electron chi connectivity index (χ4n) is 3.10. The summed E-state index contributed by atoms with van der Waals surface area (Å²) in [5.41, 5.74) is 1.00. The van der Waals surface area contributed by atoms with Gasteiger partial charge in [-0.3, -0.25) is 0 Å². The molecule has 1 aromatic heterocycles. The van der Waals surface area contributed by atoms with Gasteiger partial charge in [0.1, 0.15) is 5.82 Å². The number of hydrogen-bond acceptors (Lipinski definition) is 5. The second kappa shape index (κ2) is 10.9. The molecule has 6 nitrogen and oxygen atoms in total. The lowest BCUT2D eigenvalue weighted by Gasteiger charge is -2.34. The number of anilines is 1. The largest absolute Gasteiger partial charge is 0.354 e. The number of carbonyl (C=O) groups is 1. The zero-order chi connectivity index (χ0) is 19.6. The number of pyridine rings is 1. The third-order valence-electron chi connectivity index (χ3n) is 4.81. The Bertz CT molecular complexity index is 717. The van der Waals surface area contributed by atoms with E-state index in [0.29, 0.717) is 13.1 Å². The average molecular weight is 400 g/mol.